The Balaban J connectivity index is 2.42. The molecule has 0 saturated heterocycles. The topological polar surface area (TPSA) is 63.8 Å². The lowest BCUT2D eigenvalue weighted by molar-refractivity contribution is 0.551. The largest absolute Gasteiger partial charge is 0.271 e. The maximum atomic E-state index is 13.8. The lowest BCUT2D eigenvalue weighted by atomic mass is 10.0. The summed E-state index contributed by atoms with van der Waals surface area (Å²) in [5, 5.41) is 0. The fraction of sp³-hybridized carbons (Fsp3) is 0.0909. The van der Waals surface area contributed by atoms with Gasteiger partial charge in [-0.05, 0) is 12.1 Å². The smallest absolute Gasteiger partial charge is 0.129 e. The summed E-state index contributed by atoms with van der Waals surface area (Å²) in [7, 11) is 0. The predicted molar refractivity (Wildman–Crippen MR) is 65.3 cm³/mol. The van der Waals surface area contributed by atoms with Crippen LogP contribution in [0, 0.1) is 5.82 Å². The highest BCUT2D eigenvalue weighted by Gasteiger charge is 2.17. The van der Waals surface area contributed by atoms with Crippen molar-refractivity contribution in [3.8, 4) is 0 Å². The van der Waals surface area contributed by atoms with Crippen molar-refractivity contribution in [1.82, 2.24) is 15.4 Å². The summed E-state index contributed by atoms with van der Waals surface area (Å²) in [5.41, 5.74) is 3.53. The number of benzene rings is 1. The summed E-state index contributed by atoms with van der Waals surface area (Å²) in [6, 6.07) is 4.27. The van der Waals surface area contributed by atoms with Crippen LogP contribution in [0.1, 0.15) is 17.3 Å². The van der Waals surface area contributed by atoms with Crippen LogP contribution in [0.4, 0.5) is 4.39 Å². The van der Waals surface area contributed by atoms with Gasteiger partial charge in [0, 0.05) is 22.4 Å². The average Bonchev–Trinajstić information content (AvgIpc) is 2.34. The predicted octanol–water partition coefficient (Wildman–Crippen LogP) is 1.93. The van der Waals surface area contributed by atoms with Crippen molar-refractivity contribution in [1.29, 1.82) is 0 Å². The lowest BCUT2D eigenvalue weighted by Crippen LogP contribution is -2.30. The van der Waals surface area contributed by atoms with Crippen LogP contribution in [-0.2, 0) is 0 Å². The van der Waals surface area contributed by atoms with Crippen molar-refractivity contribution in [3.05, 3.63) is 58.3 Å². The second-order valence-corrected chi connectivity index (χ2v) is 4.31. The molecule has 3 N–H and O–H groups in total. The van der Waals surface area contributed by atoms with Crippen LogP contribution in [0.2, 0.25) is 0 Å². The summed E-state index contributed by atoms with van der Waals surface area (Å²) in [6.07, 6.45) is 4.64. The molecule has 1 heterocycles. The molecular weight excluding hydrogens is 287 g/mol. The standard InChI is InChI=1S/C11H10BrFN4/c12-7-1-2-8(9(13)5-7)11(17-14)10-6-15-3-4-16-10/h1-6,11,17H,14H2. The van der Waals surface area contributed by atoms with Crippen LogP contribution in [0.3, 0.4) is 0 Å². The minimum atomic E-state index is -0.517. The highest BCUT2D eigenvalue weighted by atomic mass is 79.9. The molecule has 6 heteroatoms. The third-order valence-corrected chi connectivity index (χ3v) is 2.81. The zero-order valence-electron chi connectivity index (χ0n) is 8.77. The molecule has 0 bridgehead atoms. The van der Waals surface area contributed by atoms with E-state index in [2.05, 4.69) is 31.3 Å². The molecule has 0 saturated carbocycles. The quantitative estimate of drug-likeness (QED) is 0.671. The Morgan fingerprint density at radius 3 is 2.76 bits per heavy atom. The van der Waals surface area contributed by atoms with Gasteiger partial charge in [0.1, 0.15) is 5.82 Å². The maximum absolute atomic E-state index is 13.8. The second-order valence-electron chi connectivity index (χ2n) is 3.40. The Bertz CT molecular complexity index is 506. The fourth-order valence-electron chi connectivity index (χ4n) is 1.53. The summed E-state index contributed by atoms with van der Waals surface area (Å²) in [6.45, 7) is 0. The fourth-order valence-corrected chi connectivity index (χ4v) is 1.86. The second kappa shape index (κ2) is 5.31. The molecule has 4 nitrogen and oxygen atoms in total. The van der Waals surface area contributed by atoms with Crippen LogP contribution < -0.4 is 11.3 Å². The number of nitrogens with one attached hydrogen (secondary N) is 1. The van der Waals surface area contributed by atoms with Gasteiger partial charge < -0.3 is 0 Å². The minimum absolute atomic E-state index is 0.354. The third-order valence-electron chi connectivity index (χ3n) is 2.32. The van der Waals surface area contributed by atoms with Gasteiger partial charge in [0.05, 0.1) is 17.9 Å². The molecule has 1 aromatic heterocycles. The molecule has 0 radical (unpaired) electrons. The molecule has 17 heavy (non-hydrogen) atoms. The van der Waals surface area contributed by atoms with Gasteiger partial charge in [-0.25, -0.2) is 9.82 Å². The van der Waals surface area contributed by atoms with Crippen molar-refractivity contribution in [2.75, 3.05) is 0 Å². The van der Waals surface area contributed by atoms with Gasteiger partial charge in [-0.15, -0.1) is 0 Å². The first kappa shape index (κ1) is 12.1. The van der Waals surface area contributed by atoms with E-state index in [0.29, 0.717) is 15.7 Å². The van der Waals surface area contributed by atoms with Gasteiger partial charge in [0.25, 0.3) is 0 Å². The van der Waals surface area contributed by atoms with Crippen LogP contribution in [0.15, 0.2) is 41.3 Å². The van der Waals surface area contributed by atoms with Crippen molar-refractivity contribution >= 4 is 15.9 Å². The highest BCUT2D eigenvalue weighted by molar-refractivity contribution is 9.10. The molecule has 0 aliphatic carbocycles. The molecule has 2 aromatic rings. The average molecular weight is 297 g/mol. The van der Waals surface area contributed by atoms with Crippen molar-refractivity contribution in [2.24, 2.45) is 5.84 Å². The summed E-state index contributed by atoms with van der Waals surface area (Å²) in [5.74, 6) is 5.09. The van der Waals surface area contributed by atoms with E-state index in [1.165, 1.54) is 12.3 Å². The number of nitrogens with two attached hydrogens (primary N) is 1. The van der Waals surface area contributed by atoms with Crippen molar-refractivity contribution in [2.45, 2.75) is 6.04 Å². The molecule has 2 rings (SSSR count). The van der Waals surface area contributed by atoms with Crippen molar-refractivity contribution < 1.29 is 4.39 Å². The number of nitrogens with zero attached hydrogens (tertiary/aromatic N) is 2. The number of hydrogen-bond donors (Lipinski definition) is 2. The molecule has 1 atom stereocenters. The number of rotatable bonds is 3. The summed E-state index contributed by atoms with van der Waals surface area (Å²) < 4.78 is 14.5. The molecule has 88 valence electrons. The number of hydrazine groups is 1. The van der Waals surface area contributed by atoms with Crippen LogP contribution in [0.5, 0.6) is 0 Å². The Morgan fingerprint density at radius 1 is 1.35 bits per heavy atom. The van der Waals surface area contributed by atoms with E-state index in [-0.39, 0.29) is 5.82 Å². The van der Waals surface area contributed by atoms with E-state index < -0.39 is 6.04 Å². The van der Waals surface area contributed by atoms with Gasteiger partial charge in [0.2, 0.25) is 0 Å². The Labute approximate surface area is 106 Å². The van der Waals surface area contributed by atoms with Crippen molar-refractivity contribution in [3.63, 3.8) is 0 Å². The van der Waals surface area contributed by atoms with E-state index in [1.807, 2.05) is 0 Å². The highest BCUT2D eigenvalue weighted by Crippen LogP contribution is 2.24. The third kappa shape index (κ3) is 2.66. The first-order valence-corrected chi connectivity index (χ1v) is 5.68. The van der Waals surface area contributed by atoms with Gasteiger partial charge in [-0.3, -0.25) is 15.8 Å². The monoisotopic (exact) mass is 296 g/mol. The molecular formula is C11H10BrFN4. The van der Waals surface area contributed by atoms with E-state index >= 15 is 0 Å². The number of aromatic nitrogens is 2. The first-order chi connectivity index (χ1) is 8.22. The number of hydrogen-bond acceptors (Lipinski definition) is 4. The SMILES string of the molecule is NNC(c1cnccn1)c1ccc(Br)cc1F. The van der Waals surface area contributed by atoms with Gasteiger partial charge >= 0.3 is 0 Å². The molecule has 0 fully saturated rings. The number of halogens is 2. The Hall–Kier alpha value is -1.37. The molecule has 1 aromatic carbocycles. The van der Waals surface area contributed by atoms with E-state index in [1.54, 1.807) is 24.5 Å². The van der Waals surface area contributed by atoms with E-state index in [9.17, 15) is 4.39 Å². The first-order valence-electron chi connectivity index (χ1n) is 4.89. The van der Waals surface area contributed by atoms with E-state index in [4.69, 9.17) is 5.84 Å². The van der Waals surface area contributed by atoms with E-state index in [0.717, 1.165) is 0 Å². The molecule has 0 aliphatic rings. The summed E-state index contributed by atoms with van der Waals surface area (Å²) >= 11 is 3.20. The zero-order valence-corrected chi connectivity index (χ0v) is 10.4. The molecule has 0 aliphatic heterocycles. The zero-order chi connectivity index (χ0) is 12.3. The normalized spacial score (nSPS) is 12.4. The molecule has 0 amide bonds. The molecule has 1 unspecified atom stereocenters. The lowest BCUT2D eigenvalue weighted by Gasteiger charge is -2.16. The Morgan fingerprint density at radius 2 is 2.18 bits per heavy atom. The Kier molecular flexibility index (Phi) is 3.78. The maximum Gasteiger partial charge on any atom is 0.129 e. The van der Waals surface area contributed by atoms with Gasteiger partial charge in [-0.2, -0.15) is 0 Å². The van der Waals surface area contributed by atoms with Gasteiger partial charge in [0.15, 0.2) is 0 Å². The molecule has 0 spiro atoms. The summed E-state index contributed by atoms with van der Waals surface area (Å²) in [4.78, 5) is 8.04. The van der Waals surface area contributed by atoms with Gasteiger partial charge in [-0.1, -0.05) is 22.0 Å². The minimum Gasteiger partial charge on any atom is -0.271 e. The van der Waals surface area contributed by atoms with Crippen LogP contribution >= 0.6 is 15.9 Å². The van der Waals surface area contributed by atoms with Crippen LogP contribution in [-0.4, -0.2) is 9.97 Å². The van der Waals surface area contributed by atoms with Crippen LogP contribution in [0.25, 0.3) is 0 Å².